The Balaban J connectivity index is 1.31. The topological polar surface area (TPSA) is 115 Å². The number of pyridine rings is 1. The molecule has 6 rings (SSSR count). The molecule has 1 aliphatic carbocycles. The normalized spacial score (nSPS) is 19.7. The predicted molar refractivity (Wildman–Crippen MR) is 153 cm³/mol. The lowest BCUT2D eigenvalue weighted by atomic mass is 9.93. The van der Waals surface area contributed by atoms with Gasteiger partial charge in [0.05, 0.1) is 30.2 Å². The van der Waals surface area contributed by atoms with E-state index in [9.17, 15) is 18.5 Å². The zero-order valence-corrected chi connectivity index (χ0v) is 24.1. The van der Waals surface area contributed by atoms with Crippen molar-refractivity contribution in [3.05, 3.63) is 71.9 Å². The van der Waals surface area contributed by atoms with Crippen LogP contribution in [-0.2, 0) is 34.8 Å². The van der Waals surface area contributed by atoms with E-state index in [0.29, 0.717) is 44.7 Å². The number of aromatic nitrogens is 3. The molecule has 0 radical (unpaired) electrons. The molecule has 0 N–H and O–H groups in total. The maximum Gasteiger partial charge on any atom is 0.260 e. The third-order valence-corrected chi connectivity index (χ3v) is 10.4. The van der Waals surface area contributed by atoms with Gasteiger partial charge in [-0.3, -0.25) is 4.79 Å². The second-order valence-corrected chi connectivity index (χ2v) is 13.3. The molecule has 1 aromatic carbocycles. The maximum atomic E-state index is 14.2. The number of hydrogen-bond acceptors (Lipinski definition) is 7. The van der Waals surface area contributed by atoms with Gasteiger partial charge >= 0.3 is 0 Å². The fourth-order valence-corrected chi connectivity index (χ4v) is 7.74. The fraction of sp³-hybridized carbons (Fsp3) is 0.467. The van der Waals surface area contributed by atoms with E-state index < -0.39 is 10.0 Å². The minimum atomic E-state index is -3.91. The van der Waals surface area contributed by atoms with Crippen molar-refractivity contribution in [1.82, 2.24) is 23.7 Å². The SMILES string of the molecule is Cn1cncc1CN1CC(N(CC2CCN(C(=O)C3CC3)CC2)S(=O)(=O)c2ccccn2)Cc2cc(C#N)ccc21. The van der Waals surface area contributed by atoms with Gasteiger partial charge in [0.25, 0.3) is 10.0 Å². The average Bonchev–Trinajstić information content (AvgIpc) is 3.77. The van der Waals surface area contributed by atoms with E-state index >= 15 is 0 Å². The van der Waals surface area contributed by atoms with E-state index in [1.807, 2.05) is 40.9 Å². The molecular formula is C30H35N7O3S. The van der Waals surface area contributed by atoms with Crippen LogP contribution in [-0.4, -0.2) is 70.3 Å². The van der Waals surface area contributed by atoms with Crippen LogP contribution in [0.5, 0.6) is 0 Å². The fourth-order valence-electron chi connectivity index (χ4n) is 6.12. The monoisotopic (exact) mass is 573 g/mol. The van der Waals surface area contributed by atoms with Crippen LogP contribution in [0.15, 0.2) is 60.1 Å². The molecule has 41 heavy (non-hydrogen) atoms. The molecule has 10 nitrogen and oxygen atoms in total. The molecule has 2 aliphatic heterocycles. The van der Waals surface area contributed by atoms with E-state index in [1.54, 1.807) is 28.8 Å². The Hall–Kier alpha value is -3.75. The lowest BCUT2D eigenvalue weighted by Gasteiger charge is -2.42. The number of rotatable bonds is 8. The van der Waals surface area contributed by atoms with Gasteiger partial charge in [-0.25, -0.2) is 18.4 Å². The Labute approximate surface area is 241 Å². The second kappa shape index (κ2) is 11.3. The third kappa shape index (κ3) is 5.72. The number of piperidine rings is 1. The Bertz CT molecular complexity index is 1550. The van der Waals surface area contributed by atoms with Crippen LogP contribution in [0.4, 0.5) is 5.69 Å². The molecule has 1 atom stereocenters. The first kappa shape index (κ1) is 27.4. The van der Waals surface area contributed by atoms with E-state index in [2.05, 4.69) is 20.9 Å². The van der Waals surface area contributed by atoms with Crippen molar-refractivity contribution in [2.24, 2.45) is 18.9 Å². The van der Waals surface area contributed by atoms with Crippen molar-refractivity contribution >= 4 is 21.6 Å². The summed E-state index contributed by atoms with van der Waals surface area (Å²) in [4.78, 5) is 25.3. The van der Waals surface area contributed by atoms with Crippen molar-refractivity contribution in [1.29, 1.82) is 5.26 Å². The number of benzene rings is 1. The van der Waals surface area contributed by atoms with Crippen LogP contribution in [0.2, 0.25) is 0 Å². The quantitative estimate of drug-likeness (QED) is 0.407. The molecule has 1 saturated heterocycles. The van der Waals surface area contributed by atoms with E-state index in [1.165, 1.54) is 6.20 Å². The molecule has 1 amide bonds. The molecule has 0 spiro atoms. The van der Waals surface area contributed by atoms with Gasteiger partial charge in [-0.2, -0.15) is 9.57 Å². The molecule has 2 fully saturated rings. The van der Waals surface area contributed by atoms with Gasteiger partial charge in [0, 0.05) is 63.3 Å². The Morgan fingerprint density at radius 2 is 1.95 bits per heavy atom. The Morgan fingerprint density at radius 1 is 1.15 bits per heavy atom. The van der Waals surface area contributed by atoms with Crippen molar-refractivity contribution in [3.8, 4) is 6.07 Å². The van der Waals surface area contributed by atoms with Crippen molar-refractivity contribution in [3.63, 3.8) is 0 Å². The maximum absolute atomic E-state index is 14.2. The Kier molecular flexibility index (Phi) is 7.53. The van der Waals surface area contributed by atoms with Crippen LogP contribution in [0, 0.1) is 23.2 Å². The summed E-state index contributed by atoms with van der Waals surface area (Å²) in [7, 11) is -1.97. The number of carbonyl (C=O) groups excluding carboxylic acids is 1. The van der Waals surface area contributed by atoms with Crippen LogP contribution >= 0.6 is 0 Å². The predicted octanol–water partition coefficient (Wildman–Crippen LogP) is 2.96. The number of nitriles is 1. The highest BCUT2D eigenvalue weighted by Gasteiger charge is 2.40. The number of nitrogens with zero attached hydrogens (tertiary/aromatic N) is 7. The first-order valence-corrected chi connectivity index (χ1v) is 15.7. The summed E-state index contributed by atoms with van der Waals surface area (Å²) < 4.78 is 32.0. The number of sulfonamides is 1. The zero-order chi connectivity index (χ0) is 28.6. The van der Waals surface area contributed by atoms with Crippen LogP contribution in [0.3, 0.4) is 0 Å². The summed E-state index contributed by atoms with van der Waals surface area (Å²) in [5.41, 5.74) is 3.52. The van der Waals surface area contributed by atoms with E-state index in [4.69, 9.17) is 0 Å². The van der Waals surface area contributed by atoms with E-state index in [0.717, 1.165) is 42.6 Å². The molecule has 4 heterocycles. The highest BCUT2D eigenvalue weighted by molar-refractivity contribution is 7.89. The van der Waals surface area contributed by atoms with Crippen LogP contribution in [0.25, 0.3) is 0 Å². The molecule has 3 aromatic rings. The number of amides is 1. The van der Waals surface area contributed by atoms with Crippen molar-refractivity contribution < 1.29 is 13.2 Å². The third-order valence-electron chi connectivity index (χ3n) is 8.61. The number of fused-ring (bicyclic) bond motifs is 1. The van der Waals surface area contributed by atoms with Gasteiger partial charge in [0.1, 0.15) is 0 Å². The number of imidazole rings is 1. The van der Waals surface area contributed by atoms with Gasteiger partial charge in [-0.05, 0) is 73.9 Å². The van der Waals surface area contributed by atoms with Gasteiger partial charge in [-0.1, -0.05) is 6.07 Å². The summed E-state index contributed by atoms with van der Waals surface area (Å²) >= 11 is 0. The number of carbonyl (C=O) groups is 1. The summed E-state index contributed by atoms with van der Waals surface area (Å²) in [5, 5.41) is 9.64. The summed E-state index contributed by atoms with van der Waals surface area (Å²) in [6, 6.07) is 12.5. The smallest absolute Gasteiger partial charge is 0.260 e. The summed E-state index contributed by atoms with van der Waals surface area (Å²) in [5.74, 6) is 0.581. The van der Waals surface area contributed by atoms with Gasteiger partial charge in [0.15, 0.2) is 5.03 Å². The van der Waals surface area contributed by atoms with Crippen molar-refractivity contribution in [2.45, 2.75) is 49.7 Å². The minimum absolute atomic E-state index is 0.0381. The molecule has 214 valence electrons. The number of anilines is 1. The Morgan fingerprint density at radius 3 is 2.61 bits per heavy atom. The summed E-state index contributed by atoms with van der Waals surface area (Å²) in [6.45, 7) is 2.76. The van der Waals surface area contributed by atoms with Gasteiger partial charge in [0.2, 0.25) is 5.91 Å². The largest absolute Gasteiger partial charge is 0.364 e. The molecule has 1 unspecified atom stereocenters. The minimum Gasteiger partial charge on any atom is -0.364 e. The first-order valence-electron chi connectivity index (χ1n) is 14.3. The van der Waals surface area contributed by atoms with E-state index in [-0.39, 0.29) is 28.8 Å². The first-order chi connectivity index (χ1) is 19.8. The lowest BCUT2D eigenvalue weighted by molar-refractivity contribution is -0.134. The standard InChI is InChI=1S/C30H35N7O3S/c1-34-21-32-17-27(34)20-36-19-26(15-25-14-23(16-31)5-8-28(25)36)37(41(39,40)29-4-2-3-11-33-29)18-22-9-12-35(13-10-22)30(38)24-6-7-24/h2-5,8,11,14,17,21-22,24,26H,6-7,9-10,12-13,15,18-20H2,1H3. The molecule has 1 saturated carbocycles. The number of likely N-dealkylation sites (tertiary alicyclic amines) is 1. The number of aryl methyl sites for hydroxylation is 1. The summed E-state index contributed by atoms with van der Waals surface area (Å²) in [6.07, 6.45) is 9.11. The highest BCUT2D eigenvalue weighted by Crippen LogP contribution is 2.35. The van der Waals surface area contributed by atoms with Crippen LogP contribution in [0.1, 0.15) is 42.5 Å². The lowest BCUT2D eigenvalue weighted by Crippen LogP contribution is -2.53. The second-order valence-electron chi connectivity index (χ2n) is 11.5. The highest BCUT2D eigenvalue weighted by atomic mass is 32.2. The van der Waals surface area contributed by atoms with Crippen LogP contribution < -0.4 is 4.90 Å². The van der Waals surface area contributed by atoms with Gasteiger partial charge < -0.3 is 14.4 Å². The molecule has 11 heteroatoms. The molecule has 2 aromatic heterocycles. The molecule has 0 bridgehead atoms. The van der Waals surface area contributed by atoms with Crippen molar-refractivity contribution in [2.75, 3.05) is 31.1 Å². The van der Waals surface area contributed by atoms with Gasteiger partial charge in [-0.15, -0.1) is 0 Å². The molecular weight excluding hydrogens is 538 g/mol. The average molecular weight is 574 g/mol. The zero-order valence-electron chi connectivity index (χ0n) is 23.3. The molecule has 3 aliphatic rings. The number of hydrogen-bond donors (Lipinski definition) is 0.